The smallest absolute Gasteiger partial charge is 0.191 e. The van der Waals surface area contributed by atoms with Gasteiger partial charge in [-0.3, -0.25) is 0 Å². The molecule has 0 aliphatic carbocycles. The van der Waals surface area contributed by atoms with E-state index in [9.17, 15) is 0 Å². The first kappa shape index (κ1) is 17.9. The highest BCUT2D eigenvalue weighted by Crippen LogP contribution is 2.22. The molecule has 4 nitrogen and oxygen atoms in total. The van der Waals surface area contributed by atoms with Crippen LogP contribution < -0.4 is 0 Å². The van der Waals surface area contributed by atoms with Crippen LogP contribution in [0.5, 0.6) is 0 Å². The minimum absolute atomic E-state index is 0.292. The molecule has 1 heterocycles. The molecule has 1 aliphatic rings. The summed E-state index contributed by atoms with van der Waals surface area (Å²) >= 11 is 0. The van der Waals surface area contributed by atoms with Crippen molar-refractivity contribution in [1.82, 2.24) is 0 Å². The van der Waals surface area contributed by atoms with Crippen LogP contribution in [0.3, 0.4) is 0 Å². The zero-order valence-corrected chi connectivity index (χ0v) is 13.5. The lowest BCUT2D eigenvalue weighted by Gasteiger charge is -2.30. The van der Waals surface area contributed by atoms with Gasteiger partial charge in [0.2, 0.25) is 0 Å². The Morgan fingerprint density at radius 1 is 1.00 bits per heavy atom. The number of ether oxygens (including phenoxy) is 4. The number of hydrogen-bond donors (Lipinski definition) is 0. The molecule has 0 bridgehead atoms. The quantitative estimate of drug-likeness (QED) is 0.278. The molecule has 1 atom stereocenters. The van der Waals surface area contributed by atoms with Crippen molar-refractivity contribution in [3.63, 3.8) is 0 Å². The van der Waals surface area contributed by atoms with Crippen molar-refractivity contribution >= 4 is 0 Å². The maximum atomic E-state index is 5.64. The van der Waals surface area contributed by atoms with E-state index in [1.165, 1.54) is 38.5 Å². The molecule has 0 aromatic rings. The van der Waals surface area contributed by atoms with E-state index in [1.807, 2.05) is 0 Å². The van der Waals surface area contributed by atoms with Crippen molar-refractivity contribution in [2.75, 3.05) is 34.0 Å². The van der Waals surface area contributed by atoms with Gasteiger partial charge in [-0.05, 0) is 6.42 Å². The highest BCUT2D eigenvalue weighted by atomic mass is 16.7. The van der Waals surface area contributed by atoms with E-state index in [4.69, 9.17) is 18.9 Å². The molecule has 0 saturated carbocycles. The Bertz CT molecular complexity index is 225. The Kier molecular flexibility index (Phi) is 9.44. The largest absolute Gasteiger partial charge is 0.373 e. The highest BCUT2D eigenvalue weighted by Gasteiger charge is 2.31. The summed E-state index contributed by atoms with van der Waals surface area (Å²) in [4.78, 5) is 0. The molecule has 0 aromatic heterocycles. The van der Waals surface area contributed by atoms with Crippen molar-refractivity contribution in [2.45, 2.75) is 70.2 Å². The Hall–Kier alpha value is -0.160. The fourth-order valence-corrected chi connectivity index (χ4v) is 2.34. The molecule has 1 unspecified atom stereocenters. The SMILES string of the molecule is CCCCCCCCCC(COCC1CO1)(OC)OC. The van der Waals surface area contributed by atoms with Crippen LogP contribution in [0.25, 0.3) is 0 Å². The minimum Gasteiger partial charge on any atom is -0.373 e. The molecule has 1 fully saturated rings. The number of epoxide rings is 1. The molecule has 1 rings (SSSR count). The van der Waals surface area contributed by atoms with E-state index < -0.39 is 5.79 Å². The molecule has 1 aliphatic heterocycles. The predicted octanol–water partition coefficient (Wildman–Crippen LogP) is 3.53. The van der Waals surface area contributed by atoms with Crippen LogP contribution in [0, 0.1) is 0 Å². The molecule has 120 valence electrons. The number of methoxy groups -OCH3 is 2. The topological polar surface area (TPSA) is 40.2 Å². The highest BCUT2D eigenvalue weighted by molar-refractivity contribution is 4.72. The van der Waals surface area contributed by atoms with Gasteiger partial charge in [-0.15, -0.1) is 0 Å². The van der Waals surface area contributed by atoms with Gasteiger partial charge in [0.15, 0.2) is 5.79 Å². The summed E-state index contributed by atoms with van der Waals surface area (Å²) in [6, 6.07) is 0. The molecular formula is C16H32O4. The van der Waals surface area contributed by atoms with E-state index >= 15 is 0 Å². The molecule has 0 amide bonds. The van der Waals surface area contributed by atoms with Crippen LogP contribution in [-0.2, 0) is 18.9 Å². The maximum absolute atomic E-state index is 5.64. The molecule has 0 radical (unpaired) electrons. The van der Waals surface area contributed by atoms with Gasteiger partial charge >= 0.3 is 0 Å². The monoisotopic (exact) mass is 288 g/mol. The molecule has 4 heteroatoms. The summed E-state index contributed by atoms with van der Waals surface area (Å²) in [6.45, 7) is 4.20. The summed E-state index contributed by atoms with van der Waals surface area (Å²) in [7, 11) is 3.39. The molecular weight excluding hydrogens is 256 g/mol. The average Bonchev–Trinajstić information content (AvgIpc) is 3.29. The summed E-state index contributed by atoms with van der Waals surface area (Å²) in [5, 5.41) is 0. The molecule has 1 saturated heterocycles. The summed E-state index contributed by atoms with van der Waals surface area (Å²) in [5.41, 5.74) is 0. The zero-order chi connectivity index (χ0) is 14.7. The van der Waals surface area contributed by atoms with E-state index in [2.05, 4.69) is 6.92 Å². The maximum Gasteiger partial charge on any atom is 0.191 e. The van der Waals surface area contributed by atoms with Crippen LogP contribution in [0.4, 0.5) is 0 Å². The zero-order valence-electron chi connectivity index (χ0n) is 13.5. The van der Waals surface area contributed by atoms with Crippen LogP contribution >= 0.6 is 0 Å². The average molecular weight is 288 g/mol. The Morgan fingerprint density at radius 3 is 2.15 bits per heavy atom. The number of unbranched alkanes of at least 4 members (excludes halogenated alkanes) is 6. The van der Waals surface area contributed by atoms with Crippen molar-refractivity contribution in [3.05, 3.63) is 0 Å². The predicted molar refractivity (Wildman–Crippen MR) is 79.9 cm³/mol. The summed E-state index contributed by atoms with van der Waals surface area (Å²) in [6.07, 6.45) is 10.2. The number of hydrogen-bond acceptors (Lipinski definition) is 4. The molecule has 0 N–H and O–H groups in total. The molecule has 0 spiro atoms. The van der Waals surface area contributed by atoms with Crippen molar-refractivity contribution in [1.29, 1.82) is 0 Å². The van der Waals surface area contributed by atoms with Crippen LogP contribution in [0.2, 0.25) is 0 Å². The lowest BCUT2D eigenvalue weighted by molar-refractivity contribution is -0.239. The van der Waals surface area contributed by atoms with Gasteiger partial charge in [-0.1, -0.05) is 45.4 Å². The van der Waals surface area contributed by atoms with Crippen LogP contribution in [-0.4, -0.2) is 45.9 Å². The van der Waals surface area contributed by atoms with E-state index in [0.29, 0.717) is 19.3 Å². The summed E-state index contributed by atoms with van der Waals surface area (Å²) in [5.74, 6) is -0.585. The van der Waals surface area contributed by atoms with Crippen molar-refractivity contribution in [2.24, 2.45) is 0 Å². The second-order valence-corrected chi connectivity index (χ2v) is 5.66. The first-order valence-electron chi connectivity index (χ1n) is 8.06. The van der Waals surface area contributed by atoms with Crippen molar-refractivity contribution in [3.8, 4) is 0 Å². The van der Waals surface area contributed by atoms with Gasteiger partial charge in [-0.25, -0.2) is 0 Å². The number of rotatable bonds is 14. The molecule has 0 aromatic carbocycles. The third kappa shape index (κ3) is 7.58. The van der Waals surface area contributed by atoms with Crippen LogP contribution in [0.1, 0.15) is 58.3 Å². The van der Waals surface area contributed by atoms with E-state index in [0.717, 1.165) is 19.4 Å². The van der Waals surface area contributed by atoms with Gasteiger partial charge in [0.05, 0.1) is 13.2 Å². The summed E-state index contributed by atoms with van der Waals surface area (Å²) < 4.78 is 21.9. The first-order chi connectivity index (χ1) is 9.76. The van der Waals surface area contributed by atoms with Crippen molar-refractivity contribution < 1.29 is 18.9 Å². The second kappa shape index (κ2) is 10.6. The van der Waals surface area contributed by atoms with E-state index in [1.54, 1.807) is 14.2 Å². The Morgan fingerprint density at radius 2 is 1.60 bits per heavy atom. The second-order valence-electron chi connectivity index (χ2n) is 5.66. The normalized spacial score (nSPS) is 18.4. The standard InChI is InChI=1S/C16H32O4/c1-4-5-6-7-8-9-10-11-16(17-2,18-3)14-19-12-15-13-20-15/h15H,4-14H2,1-3H3. The third-order valence-corrected chi connectivity index (χ3v) is 3.93. The lowest BCUT2D eigenvalue weighted by Crippen LogP contribution is -2.39. The van der Waals surface area contributed by atoms with Gasteiger partial charge in [0, 0.05) is 20.6 Å². The molecule has 20 heavy (non-hydrogen) atoms. The first-order valence-corrected chi connectivity index (χ1v) is 8.06. The third-order valence-electron chi connectivity index (χ3n) is 3.93. The fraction of sp³-hybridized carbons (Fsp3) is 1.00. The van der Waals surface area contributed by atoms with Crippen LogP contribution in [0.15, 0.2) is 0 Å². The lowest BCUT2D eigenvalue weighted by atomic mass is 10.0. The fourth-order valence-electron chi connectivity index (χ4n) is 2.34. The van der Waals surface area contributed by atoms with Gasteiger partial charge in [0.25, 0.3) is 0 Å². The Balaban J connectivity index is 2.09. The van der Waals surface area contributed by atoms with Gasteiger partial charge in [0.1, 0.15) is 12.7 Å². The minimum atomic E-state index is -0.585. The van der Waals surface area contributed by atoms with Gasteiger partial charge < -0.3 is 18.9 Å². The van der Waals surface area contributed by atoms with Gasteiger partial charge in [-0.2, -0.15) is 0 Å². The Labute approximate surface area is 124 Å². The van der Waals surface area contributed by atoms with E-state index in [-0.39, 0.29) is 0 Å².